The van der Waals surface area contributed by atoms with Crippen LogP contribution in [0.3, 0.4) is 0 Å². The Hall–Kier alpha value is -0.430. The molecular formula is C13H20NOP. The summed E-state index contributed by atoms with van der Waals surface area (Å²) in [5.41, 5.74) is 1.42. The van der Waals surface area contributed by atoms with Crippen molar-refractivity contribution in [3.8, 4) is 0 Å². The molecule has 0 N–H and O–H groups in total. The fourth-order valence-electron chi connectivity index (χ4n) is 2.04. The summed E-state index contributed by atoms with van der Waals surface area (Å²) in [6, 6.07) is 10.7. The molecule has 2 nitrogen and oxygen atoms in total. The molecule has 88 valence electrons. The standard InChI is InChI=1S/C13H20NOP/c1-2-15-16-10-8-14(9-11-16)12-13-6-4-3-5-7-13/h3-7H,2,8-12H2,1H3. The lowest BCUT2D eigenvalue weighted by Gasteiger charge is -2.31. The van der Waals surface area contributed by atoms with E-state index in [1.54, 1.807) is 0 Å². The van der Waals surface area contributed by atoms with E-state index in [2.05, 4.69) is 42.2 Å². The van der Waals surface area contributed by atoms with Gasteiger partial charge in [0, 0.05) is 46.7 Å². The average molecular weight is 237 g/mol. The predicted octanol–water partition coefficient (Wildman–Crippen LogP) is 2.94. The second-order valence-electron chi connectivity index (χ2n) is 4.11. The second kappa shape index (κ2) is 6.34. The van der Waals surface area contributed by atoms with Crippen LogP contribution in [-0.2, 0) is 11.1 Å². The van der Waals surface area contributed by atoms with Crippen LogP contribution in [0.5, 0.6) is 0 Å². The van der Waals surface area contributed by atoms with Crippen LogP contribution < -0.4 is 0 Å². The lowest BCUT2D eigenvalue weighted by atomic mass is 10.2. The first kappa shape index (κ1) is 12.0. The van der Waals surface area contributed by atoms with Crippen molar-refractivity contribution < 1.29 is 4.52 Å². The largest absolute Gasteiger partial charge is 0.359 e. The van der Waals surface area contributed by atoms with Crippen LogP contribution in [0.4, 0.5) is 0 Å². The molecular weight excluding hydrogens is 217 g/mol. The van der Waals surface area contributed by atoms with Gasteiger partial charge in [0.2, 0.25) is 0 Å². The lowest BCUT2D eigenvalue weighted by Crippen LogP contribution is -2.33. The molecule has 0 aliphatic carbocycles. The Kier molecular flexibility index (Phi) is 4.77. The van der Waals surface area contributed by atoms with Gasteiger partial charge in [-0.25, -0.2) is 0 Å². The highest BCUT2D eigenvalue weighted by atomic mass is 31.1. The Morgan fingerprint density at radius 2 is 1.88 bits per heavy atom. The van der Waals surface area contributed by atoms with Crippen LogP contribution in [0, 0.1) is 0 Å². The second-order valence-corrected chi connectivity index (χ2v) is 6.22. The summed E-state index contributed by atoms with van der Waals surface area (Å²) in [5, 5.41) is 0. The van der Waals surface area contributed by atoms with Gasteiger partial charge >= 0.3 is 0 Å². The van der Waals surface area contributed by atoms with E-state index in [1.807, 2.05) is 0 Å². The number of hydrogen-bond acceptors (Lipinski definition) is 2. The molecule has 0 bridgehead atoms. The Morgan fingerprint density at radius 1 is 1.19 bits per heavy atom. The molecule has 1 aliphatic heterocycles. The highest BCUT2D eigenvalue weighted by Gasteiger charge is 2.18. The van der Waals surface area contributed by atoms with Crippen molar-refractivity contribution in [1.82, 2.24) is 4.90 Å². The van der Waals surface area contributed by atoms with Crippen LogP contribution in [0.15, 0.2) is 30.3 Å². The minimum atomic E-state index is -0.115. The van der Waals surface area contributed by atoms with E-state index < -0.39 is 0 Å². The molecule has 0 amide bonds. The Balaban J connectivity index is 1.77. The van der Waals surface area contributed by atoms with Crippen molar-refractivity contribution in [2.24, 2.45) is 0 Å². The van der Waals surface area contributed by atoms with E-state index in [0.29, 0.717) is 0 Å². The molecule has 0 saturated carbocycles. The Labute approximate surface area is 99.4 Å². The molecule has 3 heteroatoms. The van der Waals surface area contributed by atoms with Crippen LogP contribution in [-0.4, -0.2) is 36.9 Å². The minimum absolute atomic E-state index is 0.115. The summed E-state index contributed by atoms with van der Waals surface area (Å²) in [6.07, 6.45) is 2.49. The van der Waals surface area contributed by atoms with Gasteiger partial charge in [0.25, 0.3) is 0 Å². The molecule has 1 aliphatic rings. The lowest BCUT2D eigenvalue weighted by molar-refractivity contribution is 0.276. The molecule has 16 heavy (non-hydrogen) atoms. The number of hydrogen-bond donors (Lipinski definition) is 0. The summed E-state index contributed by atoms with van der Waals surface area (Å²) in [6.45, 7) is 6.46. The molecule has 0 unspecified atom stereocenters. The van der Waals surface area contributed by atoms with Gasteiger partial charge in [0.05, 0.1) is 0 Å². The summed E-state index contributed by atoms with van der Waals surface area (Å²) >= 11 is 0. The molecule has 0 radical (unpaired) electrons. The van der Waals surface area contributed by atoms with Crippen molar-refractivity contribution in [2.75, 3.05) is 32.0 Å². The SMILES string of the molecule is CCOP1CCN(Cc2ccccc2)CC1. The molecule has 0 atom stereocenters. The first-order chi connectivity index (χ1) is 7.88. The molecule has 1 aromatic carbocycles. The van der Waals surface area contributed by atoms with Crippen LogP contribution in [0.1, 0.15) is 12.5 Å². The van der Waals surface area contributed by atoms with Gasteiger partial charge in [-0.1, -0.05) is 30.3 Å². The maximum Gasteiger partial charge on any atom is 0.0480 e. The van der Waals surface area contributed by atoms with E-state index in [-0.39, 0.29) is 8.15 Å². The molecule has 0 aromatic heterocycles. The summed E-state index contributed by atoms with van der Waals surface area (Å²) in [4.78, 5) is 2.53. The van der Waals surface area contributed by atoms with Gasteiger partial charge < -0.3 is 4.52 Å². The number of rotatable bonds is 4. The maximum atomic E-state index is 5.72. The van der Waals surface area contributed by atoms with Crippen LogP contribution >= 0.6 is 8.15 Å². The van der Waals surface area contributed by atoms with E-state index >= 15 is 0 Å². The highest BCUT2D eigenvalue weighted by Crippen LogP contribution is 2.38. The highest BCUT2D eigenvalue weighted by molar-refractivity contribution is 7.52. The first-order valence-electron chi connectivity index (χ1n) is 6.02. The zero-order chi connectivity index (χ0) is 11.2. The number of nitrogens with zero attached hydrogens (tertiary/aromatic N) is 1. The summed E-state index contributed by atoms with van der Waals surface area (Å²) < 4.78 is 5.72. The quantitative estimate of drug-likeness (QED) is 0.746. The van der Waals surface area contributed by atoms with E-state index in [4.69, 9.17) is 4.52 Å². The van der Waals surface area contributed by atoms with E-state index in [0.717, 1.165) is 13.2 Å². The fraction of sp³-hybridized carbons (Fsp3) is 0.538. The summed E-state index contributed by atoms with van der Waals surface area (Å²) in [7, 11) is -0.115. The molecule has 1 heterocycles. The third-order valence-corrected chi connectivity index (χ3v) is 4.91. The Morgan fingerprint density at radius 3 is 2.50 bits per heavy atom. The van der Waals surface area contributed by atoms with E-state index in [9.17, 15) is 0 Å². The maximum absolute atomic E-state index is 5.72. The van der Waals surface area contributed by atoms with Gasteiger partial charge in [-0.15, -0.1) is 0 Å². The third-order valence-electron chi connectivity index (χ3n) is 2.89. The molecule has 1 saturated heterocycles. The van der Waals surface area contributed by atoms with Crippen molar-refractivity contribution >= 4 is 8.15 Å². The van der Waals surface area contributed by atoms with Gasteiger partial charge in [-0.05, 0) is 12.5 Å². The van der Waals surface area contributed by atoms with Gasteiger partial charge in [-0.3, -0.25) is 4.90 Å². The van der Waals surface area contributed by atoms with E-state index in [1.165, 1.54) is 31.0 Å². The van der Waals surface area contributed by atoms with Crippen molar-refractivity contribution in [2.45, 2.75) is 13.5 Å². The fourth-order valence-corrected chi connectivity index (χ4v) is 3.90. The van der Waals surface area contributed by atoms with Crippen LogP contribution in [0.2, 0.25) is 0 Å². The first-order valence-corrected chi connectivity index (χ1v) is 7.65. The Bertz CT molecular complexity index is 296. The summed E-state index contributed by atoms with van der Waals surface area (Å²) in [5.74, 6) is 0. The topological polar surface area (TPSA) is 12.5 Å². The van der Waals surface area contributed by atoms with Crippen molar-refractivity contribution in [3.05, 3.63) is 35.9 Å². The third kappa shape index (κ3) is 3.55. The van der Waals surface area contributed by atoms with Crippen molar-refractivity contribution in [3.63, 3.8) is 0 Å². The molecule has 2 rings (SSSR count). The average Bonchev–Trinajstić information content (AvgIpc) is 2.33. The van der Waals surface area contributed by atoms with Gasteiger partial charge in [0.1, 0.15) is 0 Å². The van der Waals surface area contributed by atoms with Gasteiger partial charge in [-0.2, -0.15) is 0 Å². The predicted molar refractivity (Wildman–Crippen MR) is 70.0 cm³/mol. The monoisotopic (exact) mass is 237 g/mol. The number of benzene rings is 1. The normalized spacial score (nSPS) is 18.8. The molecule has 1 fully saturated rings. The zero-order valence-electron chi connectivity index (χ0n) is 9.93. The smallest absolute Gasteiger partial charge is 0.0480 e. The molecule has 0 spiro atoms. The van der Waals surface area contributed by atoms with Crippen LogP contribution in [0.25, 0.3) is 0 Å². The zero-order valence-corrected chi connectivity index (χ0v) is 10.8. The van der Waals surface area contributed by atoms with Gasteiger partial charge in [0.15, 0.2) is 0 Å². The minimum Gasteiger partial charge on any atom is -0.359 e. The molecule has 1 aromatic rings. The van der Waals surface area contributed by atoms with Crippen molar-refractivity contribution in [1.29, 1.82) is 0 Å².